The first-order valence-corrected chi connectivity index (χ1v) is 11.3. The number of thiazole rings is 1. The molecule has 0 saturated carbocycles. The minimum atomic E-state index is -0.0425. The molecule has 8 heteroatoms. The van der Waals surface area contributed by atoms with Crippen LogP contribution >= 0.6 is 11.3 Å². The second kappa shape index (κ2) is 8.83. The number of anilines is 1. The zero-order chi connectivity index (χ0) is 21.3. The largest absolute Gasteiger partial charge is 0.379 e. The van der Waals surface area contributed by atoms with Crippen LogP contribution in [-0.4, -0.2) is 65.0 Å². The van der Waals surface area contributed by atoms with Crippen molar-refractivity contribution in [2.45, 2.75) is 34.2 Å². The number of benzene rings is 1. The Hall–Kier alpha value is -2.29. The summed E-state index contributed by atoms with van der Waals surface area (Å²) in [5, 5.41) is 5.22. The zero-order valence-electron chi connectivity index (χ0n) is 18.1. The summed E-state index contributed by atoms with van der Waals surface area (Å²) < 4.78 is 8.36. The fourth-order valence-electron chi connectivity index (χ4n) is 3.92. The molecule has 7 nitrogen and oxygen atoms in total. The molecule has 1 aliphatic rings. The standard InChI is InChI=1S/C22H29N5O2S/c1-5-27-18(14-17(4)24-27)21(28)26(7-6-25-8-10-29-11-9-25)22-23-20-16(3)12-15(2)13-19(20)30-22/h12-14H,5-11H2,1-4H3. The minimum Gasteiger partial charge on any atom is -0.379 e. The minimum absolute atomic E-state index is 0.0425. The Morgan fingerprint density at radius 3 is 2.70 bits per heavy atom. The summed E-state index contributed by atoms with van der Waals surface area (Å²) in [5.41, 5.74) is 4.79. The van der Waals surface area contributed by atoms with Crippen LogP contribution in [0.5, 0.6) is 0 Å². The number of carbonyl (C=O) groups excluding carboxylic acids is 1. The van der Waals surface area contributed by atoms with Crippen LogP contribution in [0.4, 0.5) is 5.13 Å². The van der Waals surface area contributed by atoms with E-state index in [2.05, 4.69) is 36.0 Å². The average Bonchev–Trinajstić information content (AvgIpc) is 3.32. The molecule has 0 bridgehead atoms. The van der Waals surface area contributed by atoms with E-state index in [0.717, 1.165) is 59.5 Å². The molecule has 0 aliphatic carbocycles. The molecular weight excluding hydrogens is 398 g/mol. The number of carbonyl (C=O) groups is 1. The molecule has 1 fully saturated rings. The molecule has 3 heterocycles. The number of morpholine rings is 1. The number of hydrogen-bond donors (Lipinski definition) is 0. The van der Waals surface area contributed by atoms with Gasteiger partial charge in [-0.15, -0.1) is 0 Å². The first kappa shape index (κ1) is 21.0. The van der Waals surface area contributed by atoms with E-state index in [1.54, 1.807) is 16.0 Å². The SMILES string of the molecule is CCn1nc(C)cc1C(=O)N(CCN1CCOCC1)c1nc2c(C)cc(C)cc2s1. The second-order valence-corrected chi connectivity index (χ2v) is 8.83. The lowest BCUT2D eigenvalue weighted by molar-refractivity contribution is 0.0391. The van der Waals surface area contributed by atoms with Crippen molar-refractivity contribution in [2.75, 3.05) is 44.3 Å². The van der Waals surface area contributed by atoms with E-state index >= 15 is 0 Å². The smallest absolute Gasteiger partial charge is 0.278 e. The highest BCUT2D eigenvalue weighted by Gasteiger charge is 2.26. The van der Waals surface area contributed by atoms with Gasteiger partial charge in [0.15, 0.2) is 5.13 Å². The van der Waals surface area contributed by atoms with Gasteiger partial charge in [0.1, 0.15) is 5.69 Å². The van der Waals surface area contributed by atoms with Gasteiger partial charge >= 0.3 is 0 Å². The van der Waals surface area contributed by atoms with Crippen LogP contribution in [0.15, 0.2) is 18.2 Å². The van der Waals surface area contributed by atoms with Gasteiger partial charge in [-0.25, -0.2) is 4.98 Å². The van der Waals surface area contributed by atoms with Gasteiger partial charge in [-0.05, 0) is 51.0 Å². The molecule has 4 rings (SSSR count). The summed E-state index contributed by atoms with van der Waals surface area (Å²) in [7, 11) is 0. The predicted octanol–water partition coefficient (Wildman–Crippen LogP) is 3.42. The number of nitrogens with zero attached hydrogens (tertiary/aromatic N) is 5. The summed E-state index contributed by atoms with van der Waals surface area (Å²) in [6.07, 6.45) is 0. The van der Waals surface area contributed by atoms with Gasteiger partial charge in [0, 0.05) is 32.7 Å². The number of amides is 1. The third kappa shape index (κ3) is 4.26. The first-order valence-electron chi connectivity index (χ1n) is 10.5. The molecule has 1 saturated heterocycles. The highest BCUT2D eigenvalue weighted by atomic mass is 32.1. The molecule has 30 heavy (non-hydrogen) atoms. The molecule has 3 aromatic rings. The maximum absolute atomic E-state index is 13.6. The van der Waals surface area contributed by atoms with Crippen LogP contribution < -0.4 is 4.90 Å². The number of aromatic nitrogens is 3. The molecule has 0 spiro atoms. The highest BCUT2D eigenvalue weighted by molar-refractivity contribution is 7.22. The molecular formula is C22H29N5O2S. The molecule has 1 aromatic carbocycles. The van der Waals surface area contributed by atoms with Gasteiger partial charge < -0.3 is 4.74 Å². The topological polar surface area (TPSA) is 63.5 Å². The summed E-state index contributed by atoms with van der Waals surface area (Å²) in [6, 6.07) is 6.16. The Morgan fingerprint density at radius 1 is 1.20 bits per heavy atom. The van der Waals surface area contributed by atoms with Crippen molar-refractivity contribution in [3.05, 3.63) is 40.7 Å². The number of rotatable bonds is 6. The van der Waals surface area contributed by atoms with Crippen LogP contribution in [-0.2, 0) is 11.3 Å². The van der Waals surface area contributed by atoms with Crippen molar-refractivity contribution >= 4 is 32.6 Å². The fourth-order valence-corrected chi connectivity index (χ4v) is 5.09. The van der Waals surface area contributed by atoms with Crippen molar-refractivity contribution in [1.82, 2.24) is 19.7 Å². The molecule has 1 aliphatic heterocycles. The Kier molecular flexibility index (Phi) is 6.17. The van der Waals surface area contributed by atoms with E-state index in [9.17, 15) is 4.79 Å². The monoisotopic (exact) mass is 427 g/mol. The number of aryl methyl sites for hydroxylation is 4. The summed E-state index contributed by atoms with van der Waals surface area (Å²) >= 11 is 1.58. The van der Waals surface area contributed by atoms with E-state index in [0.29, 0.717) is 18.8 Å². The molecule has 0 radical (unpaired) electrons. The van der Waals surface area contributed by atoms with Crippen LogP contribution in [0.3, 0.4) is 0 Å². The van der Waals surface area contributed by atoms with E-state index < -0.39 is 0 Å². The lowest BCUT2D eigenvalue weighted by atomic mass is 10.1. The lowest BCUT2D eigenvalue weighted by Gasteiger charge is -2.29. The van der Waals surface area contributed by atoms with Gasteiger partial charge in [0.05, 0.1) is 29.1 Å². The number of ether oxygens (including phenoxy) is 1. The molecule has 1 amide bonds. The molecule has 0 atom stereocenters. The van der Waals surface area contributed by atoms with Crippen LogP contribution in [0.1, 0.15) is 34.2 Å². The highest BCUT2D eigenvalue weighted by Crippen LogP contribution is 2.32. The van der Waals surface area contributed by atoms with Crippen LogP contribution in [0, 0.1) is 20.8 Å². The third-order valence-corrected chi connectivity index (χ3v) is 6.48. The van der Waals surface area contributed by atoms with Gasteiger partial charge in [-0.1, -0.05) is 17.4 Å². The zero-order valence-corrected chi connectivity index (χ0v) is 19.0. The fraction of sp³-hybridized carbons (Fsp3) is 0.500. The van der Waals surface area contributed by atoms with E-state index in [-0.39, 0.29) is 5.91 Å². The number of hydrogen-bond acceptors (Lipinski definition) is 6. The van der Waals surface area contributed by atoms with Gasteiger partial charge in [-0.3, -0.25) is 19.3 Å². The summed E-state index contributed by atoms with van der Waals surface area (Å²) in [6.45, 7) is 13.4. The Balaban J connectivity index is 1.69. The third-order valence-electron chi connectivity index (χ3n) is 5.46. The molecule has 160 valence electrons. The van der Waals surface area contributed by atoms with E-state index in [1.807, 2.05) is 24.8 Å². The first-order chi connectivity index (χ1) is 14.5. The van der Waals surface area contributed by atoms with Crippen molar-refractivity contribution in [3.8, 4) is 0 Å². The van der Waals surface area contributed by atoms with Gasteiger partial charge in [0.25, 0.3) is 5.91 Å². The molecule has 0 N–H and O–H groups in total. The van der Waals surface area contributed by atoms with E-state index in [1.165, 1.54) is 5.56 Å². The predicted molar refractivity (Wildman–Crippen MR) is 121 cm³/mol. The Labute approximate surface area is 181 Å². The Bertz CT molecular complexity index is 1050. The average molecular weight is 428 g/mol. The summed E-state index contributed by atoms with van der Waals surface area (Å²) in [4.78, 5) is 22.7. The maximum atomic E-state index is 13.6. The number of fused-ring (bicyclic) bond motifs is 1. The maximum Gasteiger partial charge on any atom is 0.278 e. The quantitative estimate of drug-likeness (QED) is 0.603. The normalized spacial score (nSPS) is 15.1. The van der Waals surface area contributed by atoms with Crippen LogP contribution in [0.25, 0.3) is 10.2 Å². The van der Waals surface area contributed by atoms with Gasteiger partial charge in [-0.2, -0.15) is 5.10 Å². The Morgan fingerprint density at radius 2 is 1.97 bits per heavy atom. The van der Waals surface area contributed by atoms with Crippen molar-refractivity contribution in [1.29, 1.82) is 0 Å². The summed E-state index contributed by atoms with van der Waals surface area (Å²) in [5.74, 6) is -0.0425. The van der Waals surface area contributed by atoms with Crippen LogP contribution in [0.2, 0.25) is 0 Å². The lowest BCUT2D eigenvalue weighted by Crippen LogP contribution is -2.43. The van der Waals surface area contributed by atoms with Gasteiger partial charge in [0.2, 0.25) is 0 Å². The van der Waals surface area contributed by atoms with Crippen molar-refractivity contribution < 1.29 is 9.53 Å². The molecule has 0 unspecified atom stereocenters. The van der Waals surface area contributed by atoms with Crippen molar-refractivity contribution in [3.63, 3.8) is 0 Å². The van der Waals surface area contributed by atoms with E-state index in [4.69, 9.17) is 9.72 Å². The second-order valence-electron chi connectivity index (χ2n) is 7.82. The molecule has 2 aromatic heterocycles. The van der Waals surface area contributed by atoms with Crippen molar-refractivity contribution in [2.24, 2.45) is 0 Å².